The van der Waals surface area contributed by atoms with E-state index in [1.54, 1.807) is 0 Å². The van der Waals surface area contributed by atoms with Gasteiger partial charge < -0.3 is 9.80 Å². The second kappa shape index (κ2) is 9.95. The molecule has 0 bridgehead atoms. The van der Waals surface area contributed by atoms with Gasteiger partial charge in [-0.1, -0.05) is 19.4 Å². The molecule has 154 valence electrons. The molecule has 0 atom stereocenters. The molecule has 1 amide bonds. The molecule has 0 N–H and O–H groups in total. The number of hydrogen-bond donors (Lipinski definition) is 0. The van der Waals surface area contributed by atoms with Crippen LogP contribution in [0.1, 0.15) is 31.7 Å². The number of carbonyl (C=O) groups is 1. The van der Waals surface area contributed by atoms with Crippen LogP contribution in [0, 0.1) is 5.82 Å². The Bertz CT molecular complexity index is 926. The summed E-state index contributed by atoms with van der Waals surface area (Å²) in [5.41, 5.74) is 2.62. The lowest BCUT2D eigenvalue weighted by Crippen LogP contribution is -2.34. The van der Waals surface area contributed by atoms with Gasteiger partial charge in [-0.05, 0) is 30.5 Å². The first-order chi connectivity index (χ1) is 14.1. The average Bonchev–Trinajstić information content (AvgIpc) is 3.37. The predicted octanol–water partition coefficient (Wildman–Crippen LogP) is 2.96. The fourth-order valence-corrected chi connectivity index (χ4v) is 3.31. The summed E-state index contributed by atoms with van der Waals surface area (Å²) in [6.45, 7) is 4.34. The van der Waals surface area contributed by atoms with E-state index in [-0.39, 0.29) is 5.91 Å². The third-order valence-electron chi connectivity index (χ3n) is 4.87. The number of likely N-dealkylation sites (tertiary alicyclic amines) is 1. The van der Waals surface area contributed by atoms with Crippen LogP contribution < -0.4 is 4.90 Å². The molecule has 4 rings (SSSR count). The molecule has 0 aromatic carbocycles. The number of hydrogen-bond acceptors (Lipinski definition) is 5. The van der Waals surface area contributed by atoms with Crippen LogP contribution in [0.2, 0.25) is 0 Å². The molecule has 0 unspecified atom stereocenters. The molecule has 1 fully saturated rings. The summed E-state index contributed by atoms with van der Waals surface area (Å²) in [6.07, 6.45) is 10.0. The van der Waals surface area contributed by atoms with Gasteiger partial charge >= 0.3 is 0 Å². The summed E-state index contributed by atoms with van der Waals surface area (Å²) in [5.74, 6) is 0.230. The molecule has 4 heterocycles. The average molecular weight is 398 g/mol. The minimum Gasteiger partial charge on any atom is -0.342 e. The minimum atomic E-state index is -0.447. The summed E-state index contributed by atoms with van der Waals surface area (Å²) in [5, 5.41) is 4.18. The lowest BCUT2D eigenvalue weighted by Gasteiger charge is -2.21. The fourth-order valence-electron chi connectivity index (χ4n) is 3.31. The Morgan fingerprint density at radius 2 is 2.03 bits per heavy atom. The van der Waals surface area contributed by atoms with E-state index < -0.39 is 5.82 Å². The second-order valence-corrected chi connectivity index (χ2v) is 7.05. The Balaban J connectivity index is 0.000000176. The smallest absolute Gasteiger partial charge is 0.225 e. The summed E-state index contributed by atoms with van der Waals surface area (Å²) < 4.78 is 14.6. The monoisotopic (exact) mass is 398 g/mol. The molecular weight excluding hydrogens is 371 g/mol. The van der Waals surface area contributed by atoms with Gasteiger partial charge in [-0.3, -0.25) is 4.79 Å². The van der Waals surface area contributed by atoms with Crippen LogP contribution in [0.4, 0.5) is 10.3 Å². The maximum atomic E-state index is 12.6. The van der Waals surface area contributed by atoms with Crippen molar-refractivity contribution >= 4 is 17.4 Å². The van der Waals surface area contributed by atoms with E-state index in [9.17, 15) is 9.18 Å². The number of aromatic nitrogens is 4. The van der Waals surface area contributed by atoms with E-state index in [0.29, 0.717) is 25.5 Å². The van der Waals surface area contributed by atoms with Crippen molar-refractivity contribution in [3.63, 3.8) is 0 Å². The zero-order valence-corrected chi connectivity index (χ0v) is 17.0. The molecule has 1 saturated heterocycles. The zero-order valence-electron chi connectivity index (χ0n) is 17.0. The predicted molar refractivity (Wildman–Crippen MR) is 110 cm³/mol. The van der Waals surface area contributed by atoms with Crippen LogP contribution in [0.5, 0.6) is 0 Å². The first kappa shape index (κ1) is 20.7. The van der Waals surface area contributed by atoms with Crippen molar-refractivity contribution < 1.29 is 9.18 Å². The molecule has 1 aliphatic rings. The van der Waals surface area contributed by atoms with E-state index in [4.69, 9.17) is 0 Å². The number of rotatable bonds is 6. The van der Waals surface area contributed by atoms with E-state index in [2.05, 4.69) is 34.1 Å². The Labute approximate surface area is 170 Å². The number of halogens is 1. The highest BCUT2D eigenvalue weighted by Crippen LogP contribution is 2.12. The molecule has 0 saturated carbocycles. The van der Waals surface area contributed by atoms with Gasteiger partial charge in [-0.2, -0.15) is 5.10 Å². The van der Waals surface area contributed by atoms with Gasteiger partial charge in [0.2, 0.25) is 11.9 Å². The number of carbonyl (C=O) groups excluding carboxylic acids is 1. The molecule has 8 heteroatoms. The first-order valence-corrected chi connectivity index (χ1v) is 9.96. The van der Waals surface area contributed by atoms with Crippen molar-refractivity contribution in [3.8, 4) is 0 Å². The largest absolute Gasteiger partial charge is 0.342 e. The summed E-state index contributed by atoms with van der Waals surface area (Å²) in [7, 11) is 1.83. The third-order valence-corrected chi connectivity index (χ3v) is 4.87. The maximum Gasteiger partial charge on any atom is 0.225 e. The molecule has 3 aromatic rings. The minimum absolute atomic E-state index is 0.207. The van der Waals surface area contributed by atoms with E-state index in [1.807, 2.05) is 39.8 Å². The molecule has 0 spiro atoms. The normalized spacial score (nSPS) is 13.5. The zero-order chi connectivity index (χ0) is 20.6. The molecule has 29 heavy (non-hydrogen) atoms. The number of fused-ring (bicyclic) bond motifs is 1. The quantitative estimate of drug-likeness (QED) is 0.639. The van der Waals surface area contributed by atoms with Crippen molar-refractivity contribution in [3.05, 3.63) is 54.4 Å². The number of amides is 1. The van der Waals surface area contributed by atoms with Crippen LogP contribution in [0.3, 0.4) is 0 Å². The van der Waals surface area contributed by atoms with Gasteiger partial charge in [-0.25, -0.2) is 18.9 Å². The van der Waals surface area contributed by atoms with Gasteiger partial charge in [0.25, 0.3) is 0 Å². The van der Waals surface area contributed by atoms with Crippen molar-refractivity contribution in [2.24, 2.45) is 0 Å². The van der Waals surface area contributed by atoms with Crippen LogP contribution in [0.25, 0.3) is 5.52 Å². The highest BCUT2D eigenvalue weighted by molar-refractivity contribution is 5.78. The number of likely N-dealkylation sites (N-methyl/N-ethyl adjacent to an activating group) is 1. The van der Waals surface area contributed by atoms with Gasteiger partial charge in [0.1, 0.15) is 0 Å². The first-order valence-electron chi connectivity index (χ1n) is 9.96. The second-order valence-electron chi connectivity index (χ2n) is 7.05. The Hall–Kier alpha value is -3.03. The number of nitrogens with zero attached hydrogens (tertiary/aromatic N) is 6. The highest BCUT2D eigenvalue weighted by atomic mass is 19.1. The van der Waals surface area contributed by atoms with Gasteiger partial charge in [0, 0.05) is 45.5 Å². The van der Waals surface area contributed by atoms with Crippen LogP contribution in [0.15, 0.2) is 43.0 Å². The lowest BCUT2D eigenvalue weighted by molar-refractivity contribution is -0.127. The SMILES string of the molecule is CCCc1cccn2nccc12.CN(CCN1CCCC1=O)c1ncc(F)cn1. The molecule has 0 radical (unpaired) electrons. The number of aryl methyl sites for hydroxylation is 1. The van der Waals surface area contributed by atoms with Crippen molar-refractivity contribution in [2.45, 2.75) is 32.6 Å². The topological polar surface area (TPSA) is 66.6 Å². The maximum absolute atomic E-state index is 12.6. The standard InChI is InChI=1S/C11H15FN4O.C10H12N2/c1-15(11-13-7-9(12)8-14-11)5-6-16-4-2-3-10(16)17;1-2-4-9-5-3-8-12-10(9)6-7-11-12/h7-8H,2-6H2,1H3;3,5-8H,2,4H2,1H3. The molecule has 3 aromatic heterocycles. The van der Waals surface area contributed by atoms with Gasteiger partial charge in [-0.15, -0.1) is 0 Å². The molecule has 1 aliphatic heterocycles. The Morgan fingerprint density at radius 3 is 2.72 bits per heavy atom. The van der Waals surface area contributed by atoms with E-state index >= 15 is 0 Å². The molecular formula is C21H27FN6O. The Morgan fingerprint density at radius 1 is 1.24 bits per heavy atom. The summed E-state index contributed by atoms with van der Waals surface area (Å²) in [4.78, 5) is 22.8. The van der Waals surface area contributed by atoms with Gasteiger partial charge in [0.05, 0.1) is 17.9 Å². The Kier molecular flexibility index (Phi) is 7.10. The summed E-state index contributed by atoms with van der Waals surface area (Å²) in [6, 6.07) is 6.27. The van der Waals surface area contributed by atoms with Crippen molar-refractivity contribution in [1.82, 2.24) is 24.5 Å². The van der Waals surface area contributed by atoms with Crippen LogP contribution in [-0.2, 0) is 11.2 Å². The number of pyridine rings is 1. The summed E-state index contributed by atoms with van der Waals surface area (Å²) >= 11 is 0. The van der Waals surface area contributed by atoms with E-state index in [0.717, 1.165) is 31.8 Å². The number of anilines is 1. The fraction of sp³-hybridized carbons (Fsp3) is 0.429. The third kappa shape index (κ3) is 5.49. The van der Waals surface area contributed by atoms with E-state index in [1.165, 1.54) is 17.5 Å². The highest BCUT2D eigenvalue weighted by Gasteiger charge is 2.20. The van der Waals surface area contributed by atoms with Crippen LogP contribution >= 0.6 is 0 Å². The molecule has 0 aliphatic carbocycles. The lowest BCUT2D eigenvalue weighted by atomic mass is 10.1. The van der Waals surface area contributed by atoms with Crippen molar-refractivity contribution in [1.29, 1.82) is 0 Å². The van der Waals surface area contributed by atoms with Gasteiger partial charge in [0.15, 0.2) is 5.82 Å². The molecule has 7 nitrogen and oxygen atoms in total. The van der Waals surface area contributed by atoms with Crippen LogP contribution in [-0.4, -0.2) is 57.1 Å². The van der Waals surface area contributed by atoms with Crippen molar-refractivity contribution in [2.75, 3.05) is 31.6 Å².